The van der Waals surface area contributed by atoms with Crippen LogP contribution in [-0.2, 0) is 0 Å². The number of hydrogen-bond acceptors (Lipinski definition) is 0. The Labute approximate surface area is 165 Å². The highest BCUT2D eigenvalue weighted by Gasteiger charge is 2.38. The summed E-state index contributed by atoms with van der Waals surface area (Å²) in [5, 5.41) is 0. The van der Waals surface area contributed by atoms with Crippen molar-refractivity contribution in [3.8, 4) is 11.8 Å². The Morgan fingerprint density at radius 3 is 2.08 bits per heavy atom. The molecule has 3 rings (SSSR count). The third kappa shape index (κ3) is 3.40. The Hall–Kier alpha value is -2.52. The van der Waals surface area contributed by atoms with Crippen molar-refractivity contribution in [3.05, 3.63) is 94.0 Å². The second-order valence-corrected chi connectivity index (χ2v) is 7.26. The molecule has 0 aliphatic heterocycles. The molecule has 2 aromatic carbocycles. The zero-order chi connectivity index (χ0) is 23.1. The maximum atomic E-state index is 8.50. The average Bonchev–Trinajstić information content (AvgIpc) is 2.91. The zero-order valence-electron chi connectivity index (χ0n) is 21.2. The summed E-state index contributed by atoms with van der Waals surface area (Å²) >= 11 is 0. The maximum Gasteiger partial charge on any atom is 0.0626 e. The van der Waals surface area contributed by atoms with Crippen molar-refractivity contribution in [2.24, 2.45) is 5.41 Å². The summed E-state index contributed by atoms with van der Waals surface area (Å²) < 4.78 is 41.2. The quantitative estimate of drug-likeness (QED) is 0.530. The van der Waals surface area contributed by atoms with Gasteiger partial charge in [-0.15, -0.1) is 0 Å². The van der Waals surface area contributed by atoms with Crippen LogP contribution in [0.5, 0.6) is 0 Å². The van der Waals surface area contributed by atoms with Crippen LogP contribution in [0.15, 0.2) is 82.8 Å². The first-order valence-corrected chi connectivity index (χ1v) is 9.00. The van der Waals surface area contributed by atoms with Crippen LogP contribution in [0.2, 0.25) is 0 Å². The highest BCUT2D eigenvalue weighted by molar-refractivity contribution is 5.51. The number of rotatable bonds is 3. The Morgan fingerprint density at radius 1 is 0.923 bits per heavy atom. The maximum absolute atomic E-state index is 8.50. The Balaban J connectivity index is 2.21. The summed E-state index contributed by atoms with van der Waals surface area (Å²) in [7, 11) is 0. The summed E-state index contributed by atoms with van der Waals surface area (Å²) in [5.41, 5.74) is 5.85. The third-order valence-electron chi connectivity index (χ3n) is 5.99. The lowest BCUT2D eigenvalue weighted by Crippen LogP contribution is -2.21. The lowest BCUT2D eigenvalue weighted by Gasteiger charge is -2.32. The summed E-state index contributed by atoms with van der Waals surface area (Å²) in [6.45, 7) is 10.7. The van der Waals surface area contributed by atoms with Gasteiger partial charge in [-0.2, -0.15) is 0 Å². The molecular formula is C26H28. The van der Waals surface area contributed by atoms with E-state index in [4.69, 9.17) is 6.85 Å². The van der Waals surface area contributed by atoms with Gasteiger partial charge < -0.3 is 0 Å². The lowest BCUT2D eigenvalue weighted by atomic mass is 9.71. The fourth-order valence-electron chi connectivity index (χ4n) is 3.74. The van der Waals surface area contributed by atoms with Crippen LogP contribution in [0.4, 0.5) is 0 Å². The van der Waals surface area contributed by atoms with Crippen LogP contribution < -0.4 is 0 Å². The van der Waals surface area contributed by atoms with Crippen LogP contribution in [0.1, 0.15) is 64.9 Å². The smallest absolute Gasteiger partial charge is 0.0626 e. The molecule has 0 fully saturated rings. The monoisotopic (exact) mass is 345 g/mol. The molecule has 1 aliphatic rings. The lowest BCUT2D eigenvalue weighted by molar-refractivity contribution is 0.427. The molecular weight excluding hydrogens is 312 g/mol. The summed E-state index contributed by atoms with van der Waals surface area (Å²) in [6, 6.07) is 8.22. The third-order valence-corrected chi connectivity index (χ3v) is 5.99. The van der Waals surface area contributed by atoms with Gasteiger partial charge in [-0.1, -0.05) is 78.3 Å². The fourth-order valence-corrected chi connectivity index (χ4v) is 3.74. The van der Waals surface area contributed by atoms with Gasteiger partial charge in [0.15, 0.2) is 0 Å². The molecule has 0 nitrogen and oxygen atoms in total. The molecule has 0 aromatic heterocycles. The molecule has 2 aromatic rings. The highest BCUT2D eigenvalue weighted by Crippen LogP contribution is 2.51. The van der Waals surface area contributed by atoms with E-state index in [0.717, 1.165) is 5.56 Å². The normalized spacial score (nSPS) is 19.8. The minimum Gasteiger partial charge on any atom is -0.0896 e. The van der Waals surface area contributed by atoms with Crippen LogP contribution >= 0.6 is 0 Å². The molecule has 1 atom stereocenters. The fraction of sp³-hybridized carbons (Fsp3) is 0.308. The van der Waals surface area contributed by atoms with Gasteiger partial charge in [0.1, 0.15) is 0 Å². The van der Waals surface area contributed by atoms with Gasteiger partial charge in [0.05, 0.1) is 6.85 Å². The van der Waals surface area contributed by atoms with Crippen molar-refractivity contribution in [1.82, 2.24) is 0 Å². The topological polar surface area (TPSA) is 0 Å². The number of allylic oxidation sites excluding steroid dienone is 4. The van der Waals surface area contributed by atoms with E-state index in [9.17, 15) is 0 Å². The van der Waals surface area contributed by atoms with E-state index in [2.05, 4.69) is 46.5 Å². The van der Waals surface area contributed by atoms with E-state index in [0.29, 0.717) is 6.42 Å². The molecule has 0 saturated carbocycles. The summed E-state index contributed by atoms with van der Waals surface area (Å²) in [4.78, 5) is 0. The zero-order valence-corrected chi connectivity index (χ0v) is 16.2. The van der Waals surface area contributed by atoms with E-state index in [1.807, 2.05) is 30.3 Å². The largest absolute Gasteiger partial charge is 0.0896 e. The molecule has 132 valence electrons. The van der Waals surface area contributed by atoms with Crippen molar-refractivity contribution in [3.63, 3.8) is 0 Å². The standard InChI is InChI=1S/C26H28/c1-19-20(2)22(4)26(5,21(19)3)18-25(24-14-10-7-11-15-24)17-16-23-12-8-6-9-13-23/h6-15,25H,18H2,1-5H3/t25-/m0/s1/i7D,10D,11D,14D,15D. The van der Waals surface area contributed by atoms with Crippen LogP contribution in [0.3, 0.4) is 0 Å². The summed E-state index contributed by atoms with van der Waals surface area (Å²) in [5.74, 6) is 5.93. The second kappa shape index (κ2) is 7.38. The number of benzene rings is 2. The molecule has 0 amide bonds. The molecule has 0 spiro atoms. The van der Waals surface area contributed by atoms with Crippen molar-refractivity contribution in [1.29, 1.82) is 0 Å². The molecule has 26 heavy (non-hydrogen) atoms. The molecule has 0 bridgehead atoms. The molecule has 0 radical (unpaired) electrons. The van der Waals surface area contributed by atoms with E-state index in [1.165, 1.54) is 22.3 Å². The predicted octanol–water partition coefficient (Wildman–Crippen LogP) is 6.90. The summed E-state index contributed by atoms with van der Waals surface area (Å²) in [6.07, 6.45) is 0.549. The van der Waals surface area contributed by atoms with Crippen molar-refractivity contribution in [2.45, 2.75) is 47.0 Å². The van der Waals surface area contributed by atoms with E-state index < -0.39 is 5.92 Å². The molecule has 1 aliphatic carbocycles. The average molecular weight is 346 g/mol. The molecule has 0 unspecified atom stereocenters. The van der Waals surface area contributed by atoms with E-state index in [1.54, 1.807) is 0 Å². The van der Waals surface area contributed by atoms with E-state index in [-0.39, 0.29) is 41.2 Å². The van der Waals surface area contributed by atoms with Gasteiger partial charge in [0.25, 0.3) is 0 Å². The first kappa shape index (κ1) is 12.8. The molecule has 0 saturated heterocycles. The Kier molecular flexibility index (Phi) is 3.63. The van der Waals surface area contributed by atoms with Crippen molar-refractivity contribution < 1.29 is 6.85 Å². The molecule has 0 N–H and O–H groups in total. The second-order valence-electron chi connectivity index (χ2n) is 7.26. The first-order valence-electron chi connectivity index (χ1n) is 11.5. The first-order chi connectivity index (χ1) is 14.5. The SMILES string of the molecule is [2H]c1c([2H])c([2H])c([C@@H](C#Cc2ccccc2)CC2(C)C(C)=C(C)C(C)=C2C)c([2H])c1[2H]. The van der Waals surface area contributed by atoms with Gasteiger partial charge in [0, 0.05) is 16.9 Å². The number of hydrogen-bond donors (Lipinski definition) is 0. The van der Waals surface area contributed by atoms with E-state index >= 15 is 0 Å². The Morgan fingerprint density at radius 2 is 1.50 bits per heavy atom. The Bertz CT molecular complexity index is 1110. The molecule has 0 heterocycles. The minimum absolute atomic E-state index is 0.170. The van der Waals surface area contributed by atoms with Gasteiger partial charge in [0.2, 0.25) is 0 Å². The molecule has 0 heteroatoms. The van der Waals surface area contributed by atoms with Crippen molar-refractivity contribution in [2.75, 3.05) is 0 Å². The minimum atomic E-state index is -0.511. The predicted molar refractivity (Wildman–Crippen MR) is 112 cm³/mol. The van der Waals surface area contributed by atoms with Gasteiger partial charge >= 0.3 is 0 Å². The van der Waals surface area contributed by atoms with Crippen LogP contribution in [0, 0.1) is 17.3 Å². The van der Waals surface area contributed by atoms with Crippen LogP contribution in [-0.4, -0.2) is 0 Å². The van der Waals surface area contributed by atoms with Crippen molar-refractivity contribution >= 4 is 0 Å². The van der Waals surface area contributed by atoms with Crippen LogP contribution in [0.25, 0.3) is 0 Å². The van der Waals surface area contributed by atoms with Gasteiger partial charge in [-0.05, 0) is 63.0 Å². The van der Waals surface area contributed by atoms with Gasteiger partial charge in [-0.25, -0.2) is 0 Å². The highest BCUT2D eigenvalue weighted by atomic mass is 14.4. The van der Waals surface area contributed by atoms with Gasteiger partial charge in [-0.3, -0.25) is 0 Å².